The summed E-state index contributed by atoms with van der Waals surface area (Å²) in [6, 6.07) is 5.13. The predicted molar refractivity (Wildman–Crippen MR) is 156 cm³/mol. The van der Waals surface area contributed by atoms with E-state index in [2.05, 4.69) is 56.1 Å². The summed E-state index contributed by atoms with van der Waals surface area (Å²) in [6.45, 7) is 7.48. The van der Waals surface area contributed by atoms with E-state index in [1.807, 2.05) is 13.1 Å². The number of nitrogens with one attached hydrogen (secondary N) is 2. The summed E-state index contributed by atoms with van der Waals surface area (Å²) in [6.07, 6.45) is 7.85. The minimum atomic E-state index is -0.0859. The molecular formula is C26H30Cl3CsN8O2. The van der Waals surface area contributed by atoms with Gasteiger partial charge in [0, 0.05) is 42.3 Å². The molecule has 2 N–H and O–H groups in total. The van der Waals surface area contributed by atoms with Crippen LogP contribution in [0, 0.1) is 7.43 Å². The molecule has 10 nitrogen and oxygen atoms in total. The van der Waals surface area contributed by atoms with E-state index >= 15 is 0 Å². The predicted octanol–water partition coefficient (Wildman–Crippen LogP) is 3.51. The molecule has 0 spiro atoms. The van der Waals surface area contributed by atoms with E-state index in [1.54, 1.807) is 29.0 Å². The monoisotopic (exact) mass is 724 g/mol. The second-order valence-corrected chi connectivity index (χ2v) is 10.6. The molecule has 1 saturated carbocycles. The number of pyridine rings is 1. The first kappa shape index (κ1) is 35.0. The smallest absolute Gasteiger partial charge is 0.473 e. The molecule has 0 aliphatic heterocycles. The van der Waals surface area contributed by atoms with E-state index in [4.69, 9.17) is 39.5 Å². The Labute approximate surface area is 307 Å². The number of H-pyrrole nitrogens is 1. The number of ether oxygens (including phenoxy) is 1. The molecule has 0 saturated heterocycles. The summed E-state index contributed by atoms with van der Waals surface area (Å²) in [5, 5.41) is 14.8. The van der Waals surface area contributed by atoms with E-state index in [-0.39, 0.29) is 87.7 Å². The van der Waals surface area contributed by atoms with E-state index in [9.17, 15) is 4.79 Å². The fraction of sp³-hybridized carbons (Fsp3) is 0.346. The van der Waals surface area contributed by atoms with Crippen molar-refractivity contribution in [3.05, 3.63) is 64.6 Å². The molecule has 0 amide bonds. The van der Waals surface area contributed by atoms with Gasteiger partial charge in [-0.2, -0.15) is 10.2 Å². The second kappa shape index (κ2) is 15.4. The Hall–Kier alpha value is -1.16. The van der Waals surface area contributed by atoms with Crippen LogP contribution >= 0.6 is 34.8 Å². The van der Waals surface area contributed by atoms with Gasteiger partial charge in [0.25, 0.3) is 0 Å². The van der Waals surface area contributed by atoms with Gasteiger partial charge in [-0.25, -0.2) is 19.5 Å². The Bertz CT molecular complexity index is 1460. The molecule has 2 aliphatic carbocycles. The molecule has 1 atom stereocenters. The Kier molecular flexibility index (Phi) is 13.4. The summed E-state index contributed by atoms with van der Waals surface area (Å²) in [4.78, 5) is 23.0. The van der Waals surface area contributed by atoms with Crippen LogP contribution in [0.3, 0.4) is 0 Å². The van der Waals surface area contributed by atoms with Gasteiger partial charge in [-0.15, -0.1) is 0 Å². The fourth-order valence-corrected chi connectivity index (χ4v) is 4.63. The molecular weight excluding hydrogens is 696 g/mol. The number of aliphatic imine (C=N–C) groups is 1. The average Bonchev–Trinajstić information content (AvgIpc) is 3.36. The molecule has 1 fully saturated rings. The van der Waals surface area contributed by atoms with Gasteiger partial charge in [0.2, 0.25) is 5.88 Å². The molecule has 0 bridgehead atoms. The van der Waals surface area contributed by atoms with Crippen molar-refractivity contribution in [1.82, 2.24) is 29.8 Å². The van der Waals surface area contributed by atoms with Gasteiger partial charge >= 0.3 is 68.9 Å². The zero-order valence-corrected chi connectivity index (χ0v) is 31.6. The normalized spacial score (nSPS) is 16.1. The first-order valence-electron chi connectivity index (χ1n) is 11.8. The Morgan fingerprint density at radius 3 is 2.45 bits per heavy atom. The van der Waals surface area contributed by atoms with Crippen molar-refractivity contribution < 1.29 is 78.4 Å². The van der Waals surface area contributed by atoms with Crippen LogP contribution in [0.4, 0.5) is 11.5 Å². The van der Waals surface area contributed by atoms with Crippen molar-refractivity contribution in [3.63, 3.8) is 0 Å². The summed E-state index contributed by atoms with van der Waals surface area (Å²) in [7, 11) is 1.83. The Morgan fingerprint density at radius 1 is 1.20 bits per heavy atom. The number of hydrogen-bond acceptors (Lipinski definition) is 8. The molecule has 1 unspecified atom stereocenters. The van der Waals surface area contributed by atoms with Crippen LogP contribution in [0.25, 0.3) is 5.65 Å². The van der Waals surface area contributed by atoms with Crippen LogP contribution in [0.5, 0.6) is 5.88 Å². The van der Waals surface area contributed by atoms with Crippen molar-refractivity contribution in [2.45, 2.75) is 50.5 Å². The summed E-state index contributed by atoms with van der Waals surface area (Å²) < 4.78 is 7.25. The van der Waals surface area contributed by atoms with Crippen LogP contribution < -0.4 is 78.9 Å². The number of hydrogen-bond donors (Lipinski definition) is 2. The maximum atomic E-state index is 11.1. The third-order valence-corrected chi connectivity index (χ3v) is 6.66. The van der Waals surface area contributed by atoms with E-state index in [0.29, 0.717) is 33.1 Å². The standard InChI is InChI=1S/C12H12ClN3O.C9H11ClN2O.C4H4ClN3.CH3.Cs/c1-12(2)4-7(6-17)8-5-14-10-3-9(13)15-16(10)11(8)12;1-11-6-4-8(10)9(12-5-6)13-7-2-3-7;1-6-4-2-3(5)7-8-4;;/h3,5-7H,4H2,1-2H3;4-5,7,11H,2-3H2,1H3;2H,1H2,(H,7,8);1H3;/q;;;-1;+1. The first-order valence-corrected chi connectivity index (χ1v) is 13.0. The third kappa shape index (κ3) is 8.68. The number of carbonyl (C=O) groups excluding carboxylic acids is 1. The number of aldehydes is 1. The van der Waals surface area contributed by atoms with Crippen molar-refractivity contribution in [1.29, 1.82) is 0 Å². The van der Waals surface area contributed by atoms with Gasteiger partial charge in [0.15, 0.2) is 16.6 Å². The van der Waals surface area contributed by atoms with Gasteiger partial charge in [0.05, 0.1) is 17.6 Å². The minimum Gasteiger partial charge on any atom is -0.473 e. The number of fused-ring (bicyclic) bond motifs is 3. The topological polar surface area (TPSA) is 122 Å². The largest absolute Gasteiger partial charge is 1.00 e. The number of halogens is 3. The SMILES string of the molecule is C=Nc1cc(Cl)[nH]n1.CC1(C)CC(C=O)c2cnc3cc(Cl)nn3c21.CNc1cnc(OC2CC2)c(Cl)c1.[CH3-].[Cs+]. The Balaban J connectivity index is 0.000000218. The zero-order valence-electron chi connectivity index (χ0n) is 23.1. The molecule has 14 heteroatoms. The van der Waals surface area contributed by atoms with E-state index in [1.165, 1.54) is 0 Å². The number of aromatic amines is 1. The van der Waals surface area contributed by atoms with Crippen molar-refractivity contribution in [3.8, 4) is 5.88 Å². The molecule has 0 radical (unpaired) electrons. The second-order valence-electron chi connectivity index (χ2n) is 9.44. The van der Waals surface area contributed by atoms with Crippen LogP contribution in [0.1, 0.15) is 50.3 Å². The number of rotatable bonds is 5. The van der Waals surface area contributed by atoms with Crippen LogP contribution in [-0.2, 0) is 10.2 Å². The maximum absolute atomic E-state index is 11.1. The molecule has 2 aliphatic rings. The summed E-state index contributed by atoms with van der Waals surface area (Å²) >= 11 is 17.3. The quantitative estimate of drug-likeness (QED) is 0.184. The molecule has 0 aromatic carbocycles. The number of anilines is 1. The van der Waals surface area contributed by atoms with Crippen LogP contribution in [0.2, 0.25) is 15.3 Å². The number of carbonyl (C=O) groups is 1. The van der Waals surface area contributed by atoms with E-state index < -0.39 is 0 Å². The maximum Gasteiger partial charge on any atom is 1.00 e. The zero-order chi connectivity index (χ0) is 27.4. The van der Waals surface area contributed by atoms with Crippen LogP contribution in [0.15, 0.2) is 35.6 Å². The third-order valence-electron chi connectivity index (χ3n) is 6.01. The van der Waals surface area contributed by atoms with Gasteiger partial charge in [-0.05, 0) is 32.0 Å². The molecule has 6 rings (SSSR count). The van der Waals surface area contributed by atoms with Crippen molar-refractivity contribution >= 4 is 65.0 Å². The van der Waals surface area contributed by atoms with Crippen LogP contribution in [-0.4, -0.2) is 55.9 Å². The first-order chi connectivity index (χ1) is 18.1. The summed E-state index contributed by atoms with van der Waals surface area (Å²) in [5.74, 6) is 0.984. The number of aromatic nitrogens is 6. The molecule has 208 valence electrons. The van der Waals surface area contributed by atoms with Crippen molar-refractivity contribution in [2.75, 3.05) is 12.4 Å². The molecule has 4 heterocycles. The van der Waals surface area contributed by atoms with Gasteiger partial charge < -0.3 is 22.3 Å². The average molecular weight is 726 g/mol. The Morgan fingerprint density at radius 2 is 1.93 bits per heavy atom. The van der Waals surface area contributed by atoms with Gasteiger partial charge in [0.1, 0.15) is 22.6 Å². The molecule has 4 aromatic heterocycles. The molecule has 40 heavy (non-hydrogen) atoms. The van der Waals surface area contributed by atoms with Gasteiger partial charge in [-0.1, -0.05) is 48.7 Å². The number of nitrogens with zero attached hydrogens (tertiary/aromatic N) is 6. The minimum absolute atomic E-state index is 0. The van der Waals surface area contributed by atoms with Crippen molar-refractivity contribution in [2.24, 2.45) is 4.99 Å². The van der Waals surface area contributed by atoms with E-state index in [0.717, 1.165) is 48.1 Å². The summed E-state index contributed by atoms with van der Waals surface area (Å²) in [5.41, 5.74) is 3.56. The fourth-order valence-electron chi connectivity index (χ4n) is 4.11. The van der Waals surface area contributed by atoms with Gasteiger partial charge in [-0.3, -0.25) is 5.10 Å². The molecule has 4 aromatic rings.